The van der Waals surface area contributed by atoms with E-state index in [1.165, 1.54) is 0 Å². The first-order chi connectivity index (χ1) is 21.5. The minimum absolute atomic E-state index is 0.0400. The lowest BCUT2D eigenvalue weighted by Gasteiger charge is -2.41. The number of piperidine rings is 1. The fourth-order valence-corrected chi connectivity index (χ4v) is 7.00. The predicted octanol–water partition coefficient (Wildman–Crippen LogP) is -1.66. The lowest BCUT2D eigenvalue weighted by Crippen LogP contribution is -2.62. The number of hydrogen-bond donors (Lipinski definition) is 8. The Morgan fingerprint density at radius 1 is 0.978 bits per heavy atom. The molecular formula is C30H53ClFN5O8. The molecule has 4 aliphatic rings. The van der Waals surface area contributed by atoms with Crippen LogP contribution in [0.3, 0.4) is 0 Å². The van der Waals surface area contributed by atoms with E-state index in [9.17, 15) is 30.0 Å². The fourth-order valence-electron chi connectivity index (χ4n) is 6.82. The number of hydrogen-bond acceptors (Lipinski definition) is 12. The molecule has 1 aliphatic carbocycles. The number of rotatable bonds is 15. The summed E-state index contributed by atoms with van der Waals surface area (Å²) >= 11 is 6.13. The number of likely N-dealkylation sites (tertiary alicyclic amines) is 2. The third-order valence-corrected chi connectivity index (χ3v) is 10.3. The Morgan fingerprint density at radius 2 is 1.64 bits per heavy atom. The summed E-state index contributed by atoms with van der Waals surface area (Å²) in [5.74, 6) is -0.692. The molecule has 45 heavy (non-hydrogen) atoms. The summed E-state index contributed by atoms with van der Waals surface area (Å²) in [5.41, 5.74) is 0. The molecule has 3 aliphatic heterocycles. The van der Waals surface area contributed by atoms with Gasteiger partial charge in [-0.05, 0) is 50.4 Å². The number of alkyl halides is 2. The number of aliphatic hydroxyl groups excluding tert-OH is 5. The topological polar surface area (TPSA) is 187 Å². The molecule has 1 amide bonds. The summed E-state index contributed by atoms with van der Waals surface area (Å²) in [6, 6.07) is 0. The van der Waals surface area contributed by atoms with Crippen LogP contribution >= 0.6 is 11.6 Å². The minimum atomic E-state index is -1.68. The van der Waals surface area contributed by atoms with Gasteiger partial charge in [-0.25, -0.2) is 4.39 Å². The van der Waals surface area contributed by atoms with Crippen molar-refractivity contribution in [1.82, 2.24) is 25.8 Å². The normalized spacial score (nSPS) is 31.5. The Bertz CT molecular complexity index is 923. The Hall–Kier alpha value is -1.20. The molecule has 0 radical (unpaired) electrons. The van der Waals surface area contributed by atoms with E-state index in [0.29, 0.717) is 45.0 Å². The summed E-state index contributed by atoms with van der Waals surface area (Å²) in [4.78, 5) is 29.5. The van der Waals surface area contributed by atoms with Crippen LogP contribution in [0.1, 0.15) is 44.9 Å². The molecule has 3 heterocycles. The van der Waals surface area contributed by atoms with Crippen molar-refractivity contribution >= 4 is 23.5 Å². The van der Waals surface area contributed by atoms with Crippen molar-refractivity contribution in [2.24, 2.45) is 23.7 Å². The molecule has 0 bridgehead atoms. The van der Waals surface area contributed by atoms with Crippen LogP contribution < -0.4 is 16.0 Å². The Morgan fingerprint density at radius 3 is 2.29 bits per heavy atom. The zero-order valence-electron chi connectivity index (χ0n) is 26.0. The van der Waals surface area contributed by atoms with Crippen LogP contribution in [-0.2, 0) is 14.3 Å². The maximum absolute atomic E-state index is 15.0. The molecule has 260 valence electrons. The van der Waals surface area contributed by atoms with Gasteiger partial charge in [0, 0.05) is 64.7 Å². The van der Waals surface area contributed by atoms with Gasteiger partial charge in [0.2, 0.25) is 5.91 Å². The van der Waals surface area contributed by atoms with Crippen molar-refractivity contribution in [3.8, 4) is 0 Å². The molecule has 3 saturated heterocycles. The second-order valence-corrected chi connectivity index (χ2v) is 14.0. The third kappa shape index (κ3) is 10.6. The second kappa shape index (κ2) is 17.8. The van der Waals surface area contributed by atoms with Crippen LogP contribution in [0.25, 0.3) is 0 Å². The van der Waals surface area contributed by atoms with Gasteiger partial charge >= 0.3 is 5.97 Å². The van der Waals surface area contributed by atoms with E-state index in [4.69, 9.17) is 21.4 Å². The standard InChI is InChI=1S/C30H53ClFN5O8/c31-22-12-34-30(35-13-22)36-6-3-18(4-7-36)5-8-45-29(44)21-2-1-20(23(32)9-21)10-26(41)37-15-19(16-37)11-33-14-24(39)27(42)28(43)25(40)17-38/h18-25,27-28,30,33-35,38-40,42-43H,1-17H2/t20?,21?,22?,23?,24-,25+,27+,28+,30?/m0/s1. The smallest absolute Gasteiger partial charge is 0.309 e. The maximum atomic E-state index is 15.0. The molecule has 15 heteroatoms. The summed E-state index contributed by atoms with van der Waals surface area (Å²) in [6.45, 7) is 4.56. The molecule has 0 aromatic rings. The molecule has 7 atom stereocenters. The van der Waals surface area contributed by atoms with Crippen molar-refractivity contribution in [1.29, 1.82) is 0 Å². The summed E-state index contributed by atoms with van der Waals surface area (Å²) in [7, 11) is 0. The molecule has 4 rings (SSSR count). The number of carbonyl (C=O) groups excluding carboxylic acids is 2. The van der Waals surface area contributed by atoms with E-state index in [-0.39, 0.29) is 48.8 Å². The van der Waals surface area contributed by atoms with Crippen molar-refractivity contribution in [3.05, 3.63) is 0 Å². The Kier molecular flexibility index (Phi) is 14.5. The van der Waals surface area contributed by atoms with Crippen molar-refractivity contribution < 1.29 is 44.2 Å². The van der Waals surface area contributed by atoms with Gasteiger partial charge in [0.05, 0.1) is 30.6 Å². The number of nitrogens with one attached hydrogen (secondary N) is 3. The quantitative estimate of drug-likeness (QED) is 0.0737. The number of aliphatic hydroxyl groups is 5. The van der Waals surface area contributed by atoms with Gasteiger partial charge in [0.1, 0.15) is 30.8 Å². The summed E-state index contributed by atoms with van der Waals surface area (Å²) < 4.78 is 20.6. The lowest BCUT2D eigenvalue weighted by atomic mass is 9.78. The zero-order chi connectivity index (χ0) is 32.5. The van der Waals surface area contributed by atoms with E-state index >= 15 is 4.39 Å². The second-order valence-electron chi connectivity index (χ2n) is 13.4. The van der Waals surface area contributed by atoms with Crippen LogP contribution in [-0.4, -0.2) is 155 Å². The highest BCUT2D eigenvalue weighted by molar-refractivity contribution is 6.21. The molecule has 0 aromatic carbocycles. The van der Waals surface area contributed by atoms with Crippen LogP contribution in [0.5, 0.6) is 0 Å². The molecule has 3 unspecified atom stereocenters. The maximum Gasteiger partial charge on any atom is 0.309 e. The first-order valence-electron chi connectivity index (χ1n) is 16.5. The molecule has 4 fully saturated rings. The first kappa shape index (κ1) is 36.6. The number of halogens is 2. The van der Waals surface area contributed by atoms with Gasteiger partial charge in [-0.15, -0.1) is 11.6 Å². The van der Waals surface area contributed by atoms with Gasteiger partial charge in [-0.1, -0.05) is 0 Å². The molecule has 1 saturated carbocycles. The highest BCUT2D eigenvalue weighted by Gasteiger charge is 2.39. The SMILES string of the molecule is O=C(OCCC1CCN(C2NCC(Cl)CN2)CC1)C1CCC(CC(=O)N2CC(CNC[C@H](O)[C@@H](O)[C@H](O)[C@H](O)CO)C2)C(F)C1. The van der Waals surface area contributed by atoms with E-state index < -0.39 is 49.0 Å². The number of amides is 1. The zero-order valence-corrected chi connectivity index (χ0v) is 26.7. The fraction of sp³-hybridized carbons (Fsp3) is 0.933. The first-order valence-corrected chi connectivity index (χ1v) is 17.0. The van der Waals surface area contributed by atoms with Crippen LogP contribution in [0, 0.1) is 23.7 Å². The van der Waals surface area contributed by atoms with Gasteiger partial charge in [0.25, 0.3) is 0 Å². The lowest BCUT2D eigenvalue weighted by molar-refractivity contribution is -0.151. The molecule has 8 N–H and O–H groups in total. The average Bonchev–Trinajstić information content (AvgIpc) is 3.02. The Labute approximate surface area is 269 Å². The summed E-state index contributed by atoms with van der Waals surface area (Å²) in [6.07, 6.45) is -3.20. The monoisotopic (exact) mass is 665 g/mol. The summed E-state index contributed by atoms with van der Waals surface area (Å²) in [5, 5.41) is 57.7. The van der Waals surface area contributed by atoms with Gasteiger partial charge in [0.15, 0.2) is 0 Å². The number of esters is 1. The highest BCUT2D eigenvalue weighted by atomic mass is 35.5. The van der Waals surface area contributed by atoms with E-state index in [2.05, 4.69) is 20.9 Å². The number of carbonyl (C=O) groups is 2. The van der Waals surface area contributed by atoms with Gasteiger partial charge in [-0.2, -0.15) is 0 Å². The van der Waals surface area contributed by atoms with Crippen molar-refractivity contribution in [2.75, 3.05) is 65.6 Å². The number of nitrogens with zero attached hydrogens (tertiary/aromatic N) is 2. The van der Waals surface area contributed by atoms with E-state index in [0.717, 1.165) is 45.4 Å². The Balaban J connectivity index is 1.04. The highest BCUT2D eigenvalue weighted by Crippen LogP contribution is 2.35. The van der Waals surface area contributed by atoms with E-state index in [1.54, 1.807) is 4.90 Å². The van der Waals surface area contributed by atoms with Crippen LogP contribution in [0.2, 0.25) is 0 Å². The van der Waals surface area contributed by atoms with Crippen molar-refractivity contribution in [3.63, 3.8) is 0 Å². The molecule has 0 aromatic heterocycles. The predicted molar refractivity (Wildman–Crippen MR) is 164 cm³/mol. The van der Waals surface area contributed by atoms with Crippen molar-refractivity contribution in [2.45, 2.75) is 87.2 Å². The van der Waals surface area contributed by atoms with Crippen LogP contribution in [0.4, 0.5) is 4.39 Å². The molecule has 13 nitrogen and oxygen atoms in total. The molecular weight excluding hydrogens is 613 g/mol. The van der Waals surface area contributed by atoms with Crippen LogP contribution in [0.15, 0.2) is 0 Å². The van der Waals surface area contributed by atoms with E-state index in [1.807, 2.05) is 0 Å². The van der Waals surface area contributed by atoms with Gasteiger partial charge in [-0.3, -0.25) is 25.1 Å². The minimum Gasteiger partial charge on any atom is -0.465 e. The third-order valence-electron chi connectivity index (χ3n) is 9.95. The average molecular weight is 666 g/mol. The largest absolute Gasteiger partial charge is 0.465 e. The number of ether oxygens (including phenoxy) is 1. The van der Waals surface area contributed by atoms with Gasteiger partial charge < -0.3 is 40.5 Å². The molecule has 0 spiro atoms.